The topological polar surface area (TPSA) is 40.0 Å². The second-order valence-electron chi connectivity index (χ2n) is 6.82. The number of carbonyl (C=O) groups is 1. The smallest absolute Gasteiger partial charge is 0.338 e. The summed E-state index contributed by atoms with van der Waals surface area (Å²) in [5, 5.41) is 0. The highest BCUT2D eigenvalue weighted by atomic mass is 16.5. The number of quaternary nitrogens is 1. The number of hydrogen-bond acceptors (Lipinski definition) is 3. The summed E-state index contributed by atoms with van der Waals surface area (Å²) in [4.78, 5) is 13.9. The number of esters is 1. The molecule has 1 unspecified atom stereocenters. The van der Waals surface area contributed by atoms with Gasteiger partial charge in [0, 0.05) is 5.92 Å². The SMILES string of the molecule is COc1ccc(C(=O)OCC[C@H]2CCC[NH+]3CCCC[C@H]23)cc1. The van der Waals surface area contributed by atoms with Crippen molar-refractivity contribution in [3.05, 3.63) is 29.8 Å². The standard InChI is InChI=1S/C19H27NO3/c1-22-17-9-7-16(8-10-17)19(21)23-14-11-15-5-4-13-20-12-3-2-6-18(15)20/h7-10,15,18H,2-6,11-14H2,1H3/p+1/t15-,18-/m1/s1. The van der Waals surface area contributed by atoms with Gasteiger partial charge in [-0.25, -0.2) is 4.79 Å². The minimum absolute atomic E-state index is 0.226. The summed E-state index contributed by atoms with van der Waals surface area (Å²) in [6.07, 6.45) is 7.74. The van der Waals surface area contributed by atoms with E-state index in [9.17, 15) is 4.79 Å². The number of rotatable bonds is 5. The van der Waals surface area contributed by atoms with Gasteiger partial charge < -0.3 is 14.4 Å². The Bertz CT molecular complexity index is 512. The highest BCUT2D eigenvalue weighted by molar-refractivity contribution is 5.89. The molecule has 0 spiro atoms. The first kappa shape index (κ1) is 16.3. The zero-order chi connectivity index (χ0) is 16.1. The first-order chi connectivity index (χ1) is 11.3. The van der Waals surface area contributed by atoms with Crippen LogP contribution < -0.4 is 9.64 Å². The first-order valence-corrected chi connectivity index (χ1v) is 8.93. The molecule has 1 aromatic carbocycles. The number of ether oxygens (including phenoxy) is 2. The zero-order valence-electron chi connectivity index (χ0n) is 14.1. The summed E-state index contributed by atoms with van der Waals surface area (Å²) >= 11 is 0. The van der Waals surface area contributed by atoms with Gasteiger partial charge in [0.25, 0.3) is 0 Å². The van der Waals surface area contributed by atoms with Crippen molar-refractivity contribution in [3.8, 4) is 5.75 Å². The molecular formula is C19H28NO3+. The van der Waals surface area contributed by atoms with E-state index < -0.39 is 0 Å². The summed E-state index contributed by atoms with van der Waals surface area (Å²) < 4.78 is 10.6. The Kier molecular flexibility index (Phi) is 5.55. The number of hydrogen-bond donors (Lipinski definition) is 1. The van der Waals surface area contributed by atoms with E-state index in [1.165, 1.54) is 45.2 Å². The van der Waals surface area contributed by atoms with Crippen molar-refractivity contribution >= 4 is 5.97 Å². The van der Waals surface area contributed by atoms with Gasteiger partial charge in [-0.15, -0.1) is 0 Å². The van der Waals surface area contributed by atoms with Crippen LogP contribution >= 0.6 is 0 Å². The summed E-state index contributed by atoms with van der Waals surface area (Å²) in [6.45, 7) is 3.22. The minimum atomic E-state index is -0.226. The molecule has 0 bridgehead atoms. The molecule has 126 valence electrons. The third-order valence-corrected chi connectivity index (χ3v) is 5.48. The van der Waals surface area contributed by atoms with Crippen LogP contribution in [0.2, 0.25) is 0 Å². The molecule has 2 heterocycles. The fourth-order valence-electron chi connectivity index (χ4n) is 4.24. The zero-order valence-corrected chi connectivity index (χ0v) is 14.1. The molecule has 1 N–H and O–H groups in total. The van der Waals surface area contributed by atoms with E-state index in [4.69, 9.17) is 9.47 Å². The molecule has 0 amide bonds. The maximum Gasteiger partial charge on any atom is 0.338 e. The number of nitrogens with one attached hydrogen (secondary N) is 1. The fourth-order valence-corrected chi connectivity index (χ4v) is 4.24. The molecular weight excluding hydrogens is 290 g/mol. The predicted molar refractivity (Wildman–Crippen MR) is 89.0 cm³/mol. The number of fused-ring (bicyclic) bond motifs is 1. The van der Waals surface area contributed by atoms with Gasteiger partial charge in [0.05, 0.1) is 38.4 Å². The van der Waals surface area contributed by atoms with Crippen molar-refractivity contribution in [1.29, 1.82) is 0 Å². The van der Waals surface area contributed by atoms with Gasteiger partial charge in [-0.1, -0.05) is 0 Å². The van der Waals surface area contributed by atoms with Crippen LogP contribution in [0.15, 0.2) is 24.3 Å². The summed E-state index contributed by atoms with van der Waals surface area (Å²) in [5.41, 5.74) is 0.597. The molecule has 2 aliphatic rings. The van der Waals surface area contributed by atoms with Crippen LogP contribution in [0.3, 0.4) is 0 Å². The quantitative estimate of drug-likeness (QED) is 0.845. The third-order valence-electron chi connectivity index (χ3n) is 5.48. The van der Waals surface area contributed by atoms with Crippen LogP contribution in [-0.4, -0.2) is 38.8 Å². The summed E-state index contributed by atoms with van der Waals surface area (Å²) in [6, 6.07) is 7.91. The molecule has 2 aliphatic heterocycles. The summed E-state index contributed by atoms with van der Waals surface area (Å²) in [5.74, 6) is 1.25. The molecule has 0 aliphatic carbocycles. The lowest BCUT2D eigenvalue weighted by Crippen LogP contribution is -3.18. The molecule has 0 radical (unpaired) electrons. The average molecular weight is 318 g/mol. The molecule has 0 aromatic heterocycles. The maximum absolute atomic E-state index is 12.1. The van der Waals surface area contributed by atoms with Crippen LogP contribution in [-0.2, 0) is 4.74 Å². The summed E-state index contributed by atoms with van der Waals surface area (Å²) in [7, 11) is 1.62. The van der Waals surface area contributed by atoms with Crippen molar-refractivity contribution in [2.24, 2.45) is 5.92 Å². The van der Waals surface area contributed by atoms with Crippen LogP contribution in [0.1, 0.15) is 48.9 Å². The van der Waals surface area contributed by atoms with Gasteiger partial charge >= 0.3 is 5.97 Å². The molecule has 3 rings (SSSR count). The Morgan fingerprint density at radius 2 is 1.91 bits per heavy atom. The highest BCUT2D eigenvalue weighted by Crippen LogP contribution is 2.23. The van der Waals surface area contributed by atoms with Crippen molar-refractivity contribution < 1.29 is 19.2 Å². The van der Waals surface area contributed by atoms with Crippen molar-refractivity contribution in [2.75, 3.05) is 26.8 Å². The lowest BCUT2D eigenvalue weighted by atomic mass is 9.82. The monoisotopic (exact) mass is 318 g/mol. The van der Waals surface area contributed by atoms with Crippen LogP contribution in [0, 0.1) is 5.92 Å². The van der Waals surface area contributed by atoms with E-state index in [1.54, 1.807) is 36.3 Å². The van der Waals surface area contributed by atoms with Crippen molar-refractivity contribution in [2.45, 2.75) is 44.6 Å². The van der Waals surface area contributed by atoms with E-state index in [2.05, 4.69) is 0 Å². The Morgan fingerprint density at radius 3 is 2.70 bits per heavy atom. The van der Waals surface area contributed by atoms with Gasteiger partial charge in [-0.2, -0.15) is 0 Å². The predicted octanol–water partition coefficient (Wildman–Crippen LogP) is 2.09. The molecule has 4 nitrogen and oxygen atoms in total. The second-order valence-corrected chi connectivity index (χ2v) is 6.82. The van der Waals surface area contributed by atoms with Crippen LogP contribution in [0.5, 0.6) is 5.75 Å². The number of carbonyl (C=O) groups excluding carboxylic acids is 1. The average Bonchev–Trinajstić information content (AvgIpc) is 2.62. The number of methoxy groups -OCH3 is 1. The number of piperidine rings is 2. The molecule has 3 atom stereocenters. The fraction of sp³-hybridized carbons (Fsp3) is 0.632. The van der Waals surface area contributed by atoms with Gasteiger partial charge in [0.1, 0.15) is 5.75 Å². The largest absolute Gasteiger partial charge is 0.497 e. The number of benzene rings is 1. The molecule has 2 fully saturated rings. The van der Waals surface area contributed by atoms with Gasteiger partial charge in [-0.05, 0) is 62.8 Å². The third kappa shape index (κ3) is 4.05. The Hall–Kier alpha value is -1.55. The maximum atomic E-state index is 12.1. The van der Waals surface area contributed by atoms with E-state index >= 15 is 0 Å². The van der Waals surface area contributed by atoms with Crippen molar-refractivity contribution in [1.82, 2.24) is 0 Å². The Labute approximate surface area is 138 Å². The lowest BCUT2D eigenvalue weighted by Gasteiger charge is -2.41. The molecule has 23 heavy (non-hydrogen) atoms. The van der Waals surface area contributed by atoms with E-state index in [0.717, 1.165) is 24.1 Å². The van der Waals surface area contributed by atoms with Crippen LogP contribution in [0.4, 0.5) is 0 Å². The Balaban J connectivity index is 1.47. The Morgan fingerprint density at radius 1 is 1.13 bits per heavy atom. The van der Waals surface area contributed by atoms with E-state index in [1.807, 2.05) is 0 Å². The highest BCUT2D eigenvalue weighted by Gasteiger charge is 2.36. The van der Waals surface area contributed by atoms with Crippen LogP contribution in [0.25, 0.3) is 0 Å². The van der Waals surface area contributed by atoms with Crippen molar-refractivity contribution in [3.63, 3.8) is 0 Å². The van der Waals surface area contributed by atoms with E-state index in [0.29, 0.717) is 12.2 Å². The molecule has 1 aromatic rings. The van der Waals surface area contributed by atoms with Gasteiger partial charge in [0.15, 0.2) is 0 Å². The second kappa shape index (κ2) is 7.82. The lowest BCUT2D eigenvalue weighted by molar-refractivity contribution is -0.940. The van der Waals surface area contributed by atoms with Gasteiger partial charge in [-0.3, -0.25) is 0 Å². The van der Waals surface area contributed by atoms with E-state index in [-0.39, 0.29) is 5.97 Å². The molecule has 2 saturated heterocycles. The minimum Gasteiger partial charge on any atom is -0.497 e. The first-order valence-electron chi connectivity index (χ1n) is 8.93. The molecule has 0 saturated carbocycles. The van der Waals surface area contributed by atoms with Gasteiger partial charge in [0.2, 0.25) is 0 Å². The normalized spacial score (nSPS) is 27.1. The molecule has 4 heteroatoms.